The van der Waals surface area contributed by atoms with Crippen molar-refractivity contribution in [3.05, 3.63) is 34.1 Å². The van der Waals surface area contributed by atoms with Gasteiger partial charge in [-0.15, -0.1) is 0 Å². The minimum atomic E-state index is -0.511. The SMILES string of the molecule is CC(CNC(=O)c1cccc(Br)c1F)N(C)C1CC1. The van der Waals surface area contributed by atoms with E-state index in [0.29, 0.717) is 17.1 Å². The first kappa shape index (κ1) is 14.5. The highest BCUT2D eigenvalue weighted by Crippen LogP contribution is 2.26. The van der Waals surface area contributed by atoms with E-state index in [1.165, 1.54) is 18.9 Å². The quantitative estimate of drug-likeness (QED) is 0.901. The van der Waals surface area contributed by atoms with Crippen LogP contribution < -0.4 is 5.32 Å². The van der Waals surface area contributed by atoms with E-state index in [1.807, 2.05) is 0 Å². The summed E-state index contributed by atoms with van der Waals surface area (Å²) in [5.74, 6) is -0.877. The molecule has 1 atom stereocenters. The van der Waals surface area contributed by atoms with Crippen molar-refractivity contribution in [3.63, 3.8) is 0 Å². The maximum absolute atomic E-state index is 13.8. The van der Waals surface area contributed by atoms with Gasteiger partial charge in [-0.1, -0.05) is 6.07 Å². The number of likely N-dealkylation sites (N-methyl/N-ethyl adjacent to an activating group) is 1. The van der Waals surface area contributed by atoms with Crippen LogP contribution in [0.25, 0.3) is 0 Å². The molecular formula is C14H18BrFN2O. The Morgan fingerprint density at radius 3 is 2.89 bits per heavy atom. The number of hydrogen-bond donors (Lipinski definition) is 1. The van der Waals surface area contributed by atoms with Crippen molar-refractivity contribution in [2.45, 2.75) is 31.8 Å². The van der Waals surface area contributed by atoms with Gasteiger partial charge in [0, 0.05) is 18.6 Å². The fourth-order valence-corrected chi connectivity index (χ4v) is 2.37. The van der Waals surface area contributed by atoms with Gasteiger partial charge in [-0.2, -0.15) is 0 Å². The number of amides is 1. The van der Waals surface area contributed by atoms with Gasteiger partial charge in [0.05, 0.1) is 10.0 Å². The lowest BCUT2D eigenvalue weighted by atomic mass is 10.2. The number of rotatable bonds is 5. The van der Waals surface area contributed by atoms with Gasteiger partial charge in [0.25, 0.3) is 5.91 Å². The Labute approximate surface area is 121 Å². The van der Waals surface area contributed by atoms with Crippen LogP contribution in [-0.2, 0) is 0 Å². The highest BCUT2D eigenvalue weighted by Gasteiger charge is 2.29. The Morgan fingerprint density at radius 2 is 2.26 bits per heavy atom. The molecule has 0 heterocycles. The molecule has 0 bridgehead atoms. The number of nitrogens with zero attached hydrogens (tertiary/aromatic N) is 1. The molecule has 0 spiro atoms. The zero-order valence-electron chi connectivity index (χ0n) is 11.1. The van der Waals surface area contributed by atoms with Gasteiger partial charge in [0.1, 0.15) is 5.82 Å². The Kier molecular flexibility index (Phi) is 4.58. The predicted molar refractivity (Wildman–Crippen MR) is 76.7 cm³/mol. The standard InChI is InChI=1S/C14H18BrFN2O/c1-9(18(2)10-6-7-10)8-17-14(19)11-4-3-5-12(15)13(11)16/h3-5,9-10H,6-8H2,1-2H3,(H,17,19). The number of halogens is 2. The maximum Gasteiger partial charge on any atom is 0.254 e. The first-order chi connectivity index (χ1) is 9.00. The van der Waals surface area contributed by atoms with E-state index < -0.39 is 5.82 Å². The monoisotopic (exact) mass is 328 g/mol. The van der Waals surface area contributed by atoms with Crippen LogP contribution in [0.2, 0.25) is 0 Å². The maximum atomic E-state index is 13.8. The second-order valence-electron chi connectivity index (χ2n) is 5.06. The summed E-state index contributed by atoms with van der Waals surface area (Å²) in [5, 5.41) is 2.79. The molecule has 104 valence electrons. The van der Waals surface area contributed by atoms with Gasteiger partial charge < -0.3 is 5.32 Å². The third-order valence-corrected chi connectivity index (χ3v) is 4.18. The molecule has 0 aliphatic heterocycles. The van der Waals surface area contributed by atoms with Crippen LogP contribution >= 0.6 is 15.9 Å². The van der Waals surface area contributed by atoms with Crippen molar-refractivity contribution in [3.8, 4) is 0 Å². The normalized spacial score (nSPS) is 16.5. The number of benzene rings is 1. The lowest BCUT2D eigenvalue weighted by molar-refractivity contribution is 0.0935. The number of hydrogen-bond acceptors (Lipinski definition) is 2. The van der Waals surface area contributed by atoms with Crippen molar-refractivity contribution in [1.29, 1.82) is 0 Å². The van der Waals surface area contributed by atoms with E-state index in [0.717, 1.165) is 0 Å². The van der Waals surface area contributed by atoms with Gasteiger partial charge in [-0.3, -0.25) is 9.69 Å². The molecule has 1 aromatic rings. The van der Waals surface area contributed by atoms with Crippen molar-refractivity contribution < 1.29 is 9.18 Å². The summed E-state index contributed by atoms with van der Waals surface area (Å²) in [6.45, 7) is 2.59. The molecule has 1 unspecified atom stereocenters. The largest absolute Gasteiger partial charge is 0.350 e. The number of carbonyl (C=O) groups is 1. The van der Waals surface area contributed by atoms with Gasteiger partial charge in [0.2, 0.25) is 0 Å². The lowest BCUT2D eigenvalue weighted by Crippen LogP contribution is -2.41. The summed E-state index contributed by atoms with van der Waals surface area (Å²) >= 11 is 3.08. The van der Waals surface area contributed by atoms with Crippen LogP contribution in [0.4, 0.5) is 4.39 Å². The van der Waals surface area contributed by atoms with Crippen LogP contribution in [0.3, 0.4) is 0 Å². The fraction of sp³-hybridized carbons (Fsp3) is 0.500. The zero-order valence-corrected chi connectivity index (χ0v) is 12.7. The van der Waals surface area contributed by atoms with Crippen LogP contribution in [0, 0.1) is 5.82 Å². The van der Waals surface area contributed by atoms with Gasteiger partial charge in [-0.25, -0.2) is 4.39 Å². The minimum absolute atomic E-state index is 0.0793. The molecule has 5 heteroatoms. The first-order valence-electron chi connectivity index (χ1n) is 6.45. The van der Waals surface area contributed by atoms with Gasteiger partial charge >= 0.3 is 0 Å². The second-order valence-corrected chi connectivity index (χ2v) is 5.91. The summed E-state index contributed by atoms with van der Waals surface area (Å²) in [5.41, 5.74) is 0.0793. The minimum Gasteiger partial charge on any atom is -0.350 e. The molecule has 1 fully saturated rings. The molecule has 0 radical (unpaired) electrons. The van der Waals surface area contributed by atoms with Gasteiger partial charge in [0.15, 0.2) is 0 Å². The van der Waals surface area contributed by atoms with Crippen molar-refractivity contribution in [2.24, 2.45) is 0 Å². The Bertz CT molecular complexity index is 477. The summed E-state index contributed by atoms with van der Waals surface area (Å²) in [7, 11) is 2.06. The highest BCUT2D eigenvalue weighted by molar-refractivity contribution is 9.10. The Balaban J connectivity index is 1.92. The molecule has 1 aromatic carbocycles. The molecule has 19 heavy (non-hydrogen) atoms. The summed E-state index contributed by atoms with van der Waals surface area (Å²) in [6, 6.07) is 5.63. The molecule has 2 rings (SSSR count). The molecule has 1 aliphatic carbocycles. The second kappa shape index (κ2) is 6.01. The average Bonchev–Trinajstić information content (AvgIpc) is 3.22. The Hall–Kier alpha value is -0.940. The molecule has 3 nitrogen and oxygen atoms in total. The molecule has 1 amide bonds. The summed E-state index contributed by atoms with van der Waals surface area (Å²) in [4.78, 5) is 14.2. The smallest absolute Gasteiger partial charge is 0.254 e. The van der Waals surface area contributed by atoms with Crippen LogP contribution in [0.15, 0.2) is 22.7 Å². The topological polar surface area (TPSA) is 32.3 Å². The summed E-state index contributed by atoms with van der Waals surface area (Å²) in [6.07, 6.45) is 2.46. The number of carbonyl (C=O) groups excluding carboxylic acids is 1. The molecule has 1 N–H and O–H groups in total. The number of nitrogens with one attached hydrogen (secondary N) is 1. The molecular weight excluding hydrogens is 311 g/mol. The van der Waals surface area contributed by atoms with Crippen LogP contribution in [0.5, 0.6) is 0 Å². The van der Waals surface area contributed by atoms with E-state index in [9.17, 15) is 9.18 Å². The van der Waals surface area contributed by atoms with Crippen LogP contribution in [0.1, 0.15) is 30.1 Å². The van der Waals surface area contributed by atoms with E-state index in [2.05, 4.69) is 40.1 Å². The molecule has 1 saturated carbocycles. The van der Waals surface area contributed by atoms with E-state index in [1.54, 1.807) is 12.1 Å². The fourth-order valence-electron chi connectivity index (χ4n) is 2.00. The summed E-state index contributed by atoms with van der Waals surface area (Å²) < 4.78 is 14.1. The van der Waals surface area contributed by atoms with E-state index in [-0.39, 0.29) is 17.5 Å². The van der Waals surface area contributed by atoms with Crippen LogP contribution in [-0.4, -0.2) is 36.5 Å². The third kappa shape index (κ3) is 3.54. The first-order valence-corrected chi connectivity index (χ1v) is 7.24. The Morgan fingerprint density at radius 1 is 1.58 bits per heavy atom. The third-order valence-electron chi connectivity index (χ3n) is 3.57. The van der Waals surface area contributed by atoms with Crippen molar-refractivity contribution in [1.82, 2.24) is 10.2 Å². The van der Waals surface area contributed by atoms with Crippen molar-refractivity contribution >= 4 is 21.8 Å². The average molecular weight is 329 g/mol. The van der Waals surface area contributed by atoms with Gasteiger partial charge in [-0.05, 0) is 54.9 Å². The van der Waals surface area contributed by atoms with Crippen molar-refractivity contribution in [2.75, 3.05) is 13.6 Å². The zero-order chi connectivity index (χ0) is 14.0. The molecule has 0 aromatic heterocycles. The predicted octanol–water partition coefficient (Wildman–Crippen LogP) is 2.80. The molecule has 1 aliphatic rings. The molecule has 0 saturated heterocycles. The lowest BCUT2D eigenvalue weighted by Gasteiger charge is -2.24. The van der Waals surface area contributed by atoms with E-state index >= 15 is 0 Å². The van der Waals surface area contributed by atoms with E-state index in [4.69, 9.17) is 0 Å². The highest BCUT2D eigenvalue weighted by atomic mass is 79.9.